The molecule has 1 N–H and O–H groups in total. The highest BCUT2D eigenvalue weighted by Gasteiger charge is 2.32. The van der Waals surface area contributed by atoms with E-state index in [0.717, 1.165) is 19.0 Å². The van der Waals surface area contributed by atoms with E-state index in [1.165, 1.54) is 24.2 Å². The highest BCUT2D eigenvalue weighted by atomic mass is 15.1. The zero-order valence-corrected chi connectivity index (χ0v) is 9.95. The number of nitrogens with one attached hydrogen (secondary N) is 1. The van der Waals surface area contributed by atoms with Crippen LogP contribution in [-0.4, -0.2) is 22.6 Å². The number of aromatic nitrogens is 2. The minimum Gasteiger partial charge on any atom is -0.331 e. The Labute approximate surface area is 91.9 Å². The smallest absolute Gasteiger partial charge is 0.0954 e. The third-order valence-corrected chi connectivity index (χ3v) is 3.68. The maximum Gasteiger partial charge on any atom is 0.0954 e. The van der Waals surface area contributed by atoms with Crippen molar-refractivity contribution in [2.24, 2.45) is 5.92 Å². The van der Waals surface area contributed by atoms with Crippen molar-refractivity contribution in [1.82, 2.24) is 14.9 Å². The summed E-state index contributed by atoms with van der Waals surface area (Å²) in [6.07, 6.45) is 4.68. The number of hydrogen-bond donors (Lipinski definition) is 1. The first-order valence-corrected chi connectivity index (χ1v) is 5.94. The monoisotopic (exact) mass is 207 g/mol. The molecule has 1 aliphatic carbocycles. The van der Waals surface area contributed by atoms with Crippen LogP contribution in [0.2, 0.25) is 0 Å². The van der Waals surface area contributed by atoms with Crippen LogP contribution in [0.4, 0.5) is 0 Å². The molecule has 0 amide bonds. The lowest BCUT2D eigenvalue weighted by Gasteiger charge is -2.38. The maximum atomic E-state index is 4.38. The van der Waals surface area contributed by atoms with Gasteiger partial charge in [0.15, 0.2) is 0 Å². The third kappa shape index (κ3) is 1.93. The number of aryl methyl sites for hydroxylation is 1. The van der Waals surface area contributed by atoms with Gasteiger partial charge >= 0.3 is 0 Å². The standard InChI is InChI=1S/C12H21N3/c1-4-13-7-11-5-6-12(11)15-8-14-9(2)10(15)3/h8,11-13H,4-7H2,1-3H3. The Balaban J connectivity index is 2.02. The molecule has 2 atom stereocenters. The molecule has 84 valence electrons. The van der Waals surface area contributed by atoms with Crippen LogP contribution >= 0.6 is 0 Å². The fourth-order valence-electron chi connectivity index (χ4n) is 2.34. The summed E-state index contributed by atoms with van der Waals surface area (Å²) in [5.41, 5.74) is 2.50. The SMILES string of the molecule is CCNCC1CCC1n1cnc(C)c1C. The summed E-state index contributed by atoms with van der Waals surface area (Å²) in [5, 5.41) is 3.44. The van der Waals surface area contributed by atoms with E-state index < -0.39 is 0 Å². The second kappa shape index (κ2) is 4.35. The normalized spacial score (nSPS) is 25.3. The third-order valence-electron chi connectivity index (χ3n) is 3.68. The van der Waals surface area contributed by atoms with Gasteiger partial charge in [-0.1, -0.05) is 6.92 Å². The molecule has 1 aromatic heterocycles. The second-order valence-corrected chi connectivity index (χ2v) is 4.54. The molecule has 0 aromatic carbocycles. The molecule has 0 spiro atoms. The molecule has 15 heavy (non-hydrogen) atoms. The lowest BCUT2D eigenvalue weighted by molar-refractivity contribution is 0.175. The Morgan fingerprint density at radius 2 is 2.27 bits per heavy atom. The van der Waals surface area contributed by atoms with Crippen molar-refractivity contribution in [2.75, 3.05) is 13.1 Å². The van der Waals surface area contributed by atoms with Crippen molar-refractivity contribution >= 4 is 0 Å². The molecule has 0 saturated heterocycles. The predicted molar refractivity (Wildman–Crippen MR) is 62.0 cm³/mol. The van der Waals surface area contributed by atoms with Crippen LogP contribution in [0.15, 0.2) is 6.33 Å². The summed E-state index contributed by atoms with van der Waals surface area (Å²) in [6.45, 7) is 8.65. The molecule has 3 nitrogen and oxygen atoms in total. The highest BCUT2D eigenvalue weighted by molar-refractivity contribution is 5.11. The van der Waals surface area contributed by atoms with Crippen molar-refractivity contribution in [1.29, 1.82) is 0 Å². The molecule has 0 bridgehead atoms. The topological polar surface area (TPSA) is 29.9 Å². The van der Waals surface area contributed by atoms with E-state index in [9.17, 15) is 0 Å². The number of hydrogen-bond acceptors (Lipinski definition) is 2. The summed E-state index contributed by atoms with van der Waals surface area (Å²) >= 11 is 0. The zero-order valence-electron chi connectivity index (χ0n) is 9.95. The Hall–Kier alpha value is -0.830. The van der Waals surface area contributed by atoms with Crippen molar-refractivity contribution in [3.63, 3.8) is 0 Å². The van der Waals surface area contributed by atoms with E-state index in [1.807, 2.05) is 6.33 Å². The van der Waals surface area contributed by atoms with Gasteiger partial charge in [0.1, 0.15) is 0 Å². The van der Waals surface area contributed by atoms with Gasteiger partial charge < -0.3 is 9.88 Å². The average molecular weight is 207 g/mol. The Morgan fingerprint density at radius 1 is 1.47 bits per heavy atom. The van der Waals surface area contributed by atoms with Gasteiger partial charge in [0.25, 0.3) is 0 Å². The first-order chi connectivity index (χ1) is 7.24. The van der Waals surface area contributed by atoms with Crippen LogP contribution in [0.1, 0.15) is 37.2 Å². The van der Waals surface area contributed by atoms with E-state index in [2.05, 4.69) is 35.6 Å². The van der Waals surface area contributed by atoms with Gasteiger partial charge in [0.05, 0.1) is 12.0 Å². The summed E-state index contributed by atoms with van der Waals surface area (Å²) in [7, 11) is 0. The van der Waals surface area contributed by atoms with E-state index >= 15 is 0 Å². The van der Waals surface area contributed by atoms with E-state index in [-0.39, 0.29) is 0 Å². The Kier molecular flexibility index (Phi) is 3.10. The maximum absolute atomic E-state index is 4.38. The van der Waals surface area contributed by atoms with E-state index in [4.69, 9.17) is 0 Å². The molecule has 0 radical (unpaired) electrons. The molecule has 1 aromatic rings. The average Bonchev–Trinajstić information content (AvgIpc) is 2.49. The van der Waals surface area contributed by atoms with Gasteiger partial charge in [-0.3, -0.25) is 0 Å². The van der Waals surface area contributed by atoms with E-state index in [0.29, 0.717) is 6.04 Å². The summed E-state index contributed by atoms with van der Waals surface area (Å²) in [4.78, 5) is 4.38. The van der Waals surface area contributed by atoms with Crippen LogP contribution in [0.5, 0.6) is 0 Å². The van der Waals surface area contributed by atoms with Crippen LogP contribution in [0.3, 0.4) is 0 Å². The quantitative estimate of drug-likeness (QED) is 0.819. The molecular formula is C12H21N3. The second-order valence-electron chi connectivity index (χ2n) is 4.54. The summed E-state index contributed by atoms with van der Waals surface area (Å²) in [5.74, 6) is 0.803. The largest absolute Gasteiger partial charge is 0.331 e. The molecule has 1 aliphatic rings. The van der Waals surface area contributed by atoms with Crippen molar-refractivity contribution in [3.8, 4) is 0 Å². The van der Waals surface area contributed by atoms with Crippen LogP contribution in [-0.2, 0) is 0 Å². The van der Waals surface area contributed by atoms with Crippen molar-refractivity contribution in [3.05, 3.63) is 17.7 Å². The van der Waals surface area contributed by atoms with Gasteiger partial charge in [-0.25, -0.2) is 4.98 Å². The van der Waals surface area contributed by atoms with Crippen LogP contribution in [0.25, 0.3) is 0 Å². The molecule has 2 rings (SSSR count). The van der Waals surface area contributed by atoms with Crippen LogP contribution < -0.4 is 5.32 Å². The summed E-state index contributed by atoms with van der Waals surface area (Å²) < 4.78 is 2.36. The van der Waals surface area contributed by atoms with Gasteiger partial charge in [0, 0.05) is 11.7 Å². The molecule has 2 unspecified atom stereocenters. The predicted octanol–water partition coefficient (Wildman–Crippen LogP) is 2.06. The summed E-state index contributed by atoms with van der Waals surface area (Å²) in [6, 6.07) is 0.685. The van der Waals surface area contributed by atoms with Crippen LogP contribution in [0, 0.1) is 19.8 Å². The van der Waals surface area contributed by atoms with Gasteiger partial charge in [-0.2, -0.15) is 0 Å². The Morgan fingerprint density at radius 3 is 2.73 bits per heavy atom. The lowest BCUT2D eigenvalue weighted by Crippen LogP contribution is -2.37. The highest BCUT2D eigenvalue weighted by Crippen LogP contribution is 2.38. The molecule has 0 aliphatic heterocycles. The van der Waals surface area contributed by atoms with Gasteiger partial charge in [0.2, 0.25) is 0 Å². The molecule has 1 fully saturated rings. The number of imidazole rings is 1. The first-order valence-electron chi connectivity index (χ1n) is 5.94. The first kappa shape index (κ1) is 10.7. The van der Waals surface area contributed by atoms with E-state index in [1.54, 1.807) is 0 Å². The fraction of sp³-hybridized carbons (Fsp3) is 0.750. The minimum atomic E-state index is 0.685. The molecule has 1 heterocycles. The van der Waals surface area contributed by atoms with Crippen molar-refractivity contribution in [2.45, 2.75) is 39.7 Å². The van der Waals surface area contributed by atoms with Crippen molar-refractivity contribution < 1.29 is 0 Å². The Bertz CT molecular complexity index is 330. The minimum absolute atomic E-state index is 0.685. The van der Waals surface area contributed by atoms with Gasteiger partial charge in [-0.15, -0.1) is 0 Å². The fourth-order valence-corrected chi connectivity index (χ4v) is 2.34. The zero-order chi connectivity index (χ0) is 10.8. The molecule has 3 heteroatoms. The lowest BCUT2D eigenvalue weighted by atomic mass is 9.79. The molecule has 1 saturated carbocycles. The molecular weight excluding hydrogens is 186 g/mol. The van der Waals surface area contributed by atoms with Gasteiger partial charge in [-0.05, 0) is 45.7 Å². The number of rotatable bonds is 4. The number of nitrogens with zero attached hydrogens (tertiary/aromatic N) is 2.